The first kappa shape index (κ1) is 16.2. The molecule has 0 bridgehead atoms. The molecule has 0 aliphatic rings. The van der Waals surface area contributed by atoms with Gasteiger partial charge in [-0.05, 0) is 12.1 Å². The largest absolute Gasteiger partial charge is 0.493 e. The first-order chi connectivity index (χ1) is 9.24. The number of aliphatic hydroxyl groups excluding tert-OH is 1. The van der Waals surface area contributed by atoms with Crippen LogP contribution in [0.2, 0.25) is 0 Å². The number of rotatable bonds is 9. The average molecular weight is 334 g/mol. The van der Waals surface area contributed by atoms with Crippen molar-refractivity contribution in [2.75, 3.05) is 40.6 Å². The molecule has 2 N–H and O–H groups in total. The van der Waals surface area contributed by atoms with Crippen LogP contribution in [0.25, 0.3) is 0 Å². The summed E-state index contributed by atoms with van der Waals surface area (Å²) < 4.78 is 16.8. The van der Waals surface area contributed by atoms with E-state index in [0.717, 1.165) is 15.8 Å². The summed E-state index contributed by atoms with van der Waals surface area (Å²) in [5.41, 5.74) is 1.00. The van der Waals surface area contributed by atoms with Gasteiger partial charge >= 0.3 is 0 Å². The van der Waals surface area contributed by atoms with Crippen LogP contribution in [-0.4, -0.2) is 45.7 Å². The minimum absolute atomic E-state index is 0.0508. The van der Waals surface area contributed by atoms with Crippen molar-refractivity contribution in [3.8, 4) is 11.5 Å². The lowest BCUT2D eigenvalue weighted by molar-refractivity contribution is 0.0937. The number of benzene rings is 1. The second-order valence-electron chi connectivity index (χ2n) is 3.77. The molecular formula is C13H20BrNO4. The van der Waals surface area contributed by atoms with E-state index in [0.29, 0.717) is 32.1 Å². The van der Waals surface area contributed by atoms with Crippen molar-refractivity contribution in [3.05, 3.63) is 22.2 Å². The molecule has 0 spiro atoms. The molecule has 0 atom stereocenters. The molecule has 0 amide bonds. The second-order valence-corrected chi connectivity index (χ2v) is 4.63. The van der Waals surface area contributed by atoms with Crippen molar-refractivity contribution < 1.29 is 19.3 Å². The summed E-state index contributed by atoms with van der Waals surface area (Å²) in [7, 11) is 3.24. The molecule has 5 nitrogen and oxygen atoms in total. The van der Waals surface area contributed by atoms with Gasteiger partial charge in [0.25, 0.3) is 0 Å². The topological polar surface area (TPSA) is 60.0 Å². The van der Waals surface area contributed by atoms with E-state index in [4.69, 9.17) is 19.3 Å². The van der Waals surface area contributed by atoms with Gasteiger partial charge < -0.3 is 24.6 Å². The Morgan fingerprint density at radius 3 is 2.63 bits per heavy atom. The third-order valence-electron chi connectivity index (χ3n) is 2.55. The standard InChI is InChI=1S/C13H20BrNO4/c1-17-12-4-3-11(14)10(13(12)18-2)9-15-5-7-19-8-6-16/h3-4,15-16H,5-9H2,1-2H3. The highest BCUT2D eigenvalue weighted by Crippen LogP contribution is 2.35. The zero-order valence-electron chi connectivity index (χ0n) is 11.2. The van der Waals surface area contributed by atoms with Gasteiger partial charge in [-0.1, -0.05) is 15.9 Å². The van der Waals surface area contributed by atoms with Crippen LogP contribution in [0.3, 0.4) is 0 Å². The molecule has 0 saturated heterocycles. The molecular weight excluding hydrogens is 314 g/mol. The van der Waals surface area contributed by atoms with Gasteiger partial charge in [-0.3, -0.25) is 0 Å². The van der Waals surface area contributed by atoms with E-state index >= 15 is 0 Å². The van der Waals surface area contributed by atoms with E-state index < -0.39 is 0 Å². The Labute approximate surface area is 122 Å². The van der Waals surface area contributed by atoms with Gasteiger partial charge in [-0.15, -0.1) is 0 Å². The lowest BCUT2D eigenvalue weighted by Crippen LogP contribution is -2.20. The fourth-order valence-electron chi connectivity index (χ4n) is 1.66. The smallest absolute Gasteiger partial charge is 0.166 e. The first-order valence-corrected chi connectivity index (χ1v) is 6.82. The normalized spacial score (nSPS) is 10.5. The van der Waals surface area contributed by atoms with Crippen LogP contribution in [0.1, 0.15) is 5.56 Å². The summed E-state index contributed by atoms with van der Waals surface area (Å²) in [6.45, 7) is 2.32. The van der Waals surface area contributed by atoms with Gasteiger partial charge in [0.1, 0.15) is 0 Å². The number of hydrogen-bond donors (Lipinski definition) is 2. The number of methoxy groups -OCH3 is 2. The highest BCUT2D eigenvalue weighted by molar-refractivity contribution is 9.10. The van der Waals surface area contributed by atoms with Crippen LogP contribution in [-0.2, 0) is 11.3 Å². The van der Waals surface area contributed by atoms with Crippen molar-refractivity contribution in [1.82, 2.24) is 5.32 Å². The SMILES string of the molecule is COc1ccc(Br)c(CNCCOCCO)c1OC. The Bertz CT molecular complexity index is 387. The Balaban J connectivity index is 2.56. The van der Waals surface area contributed by atoms with Gasteiger partial charge in [0, 0.05) is 23.1 Å². The van der Waals surface area contributed by atoms with Crippen LogP contribution in [0.5, 0.6) is 11.5 Å². The highest BCUT2D eigenvalue weighted by Gasteiger charge is 2.12. The molecule has 6 heteroatoms. The maximum Gasteiger partial charge on any atom is 0.166 e. The number of hydrogen-bond acceptors (Lipinski definition) is 5. The van der Waals surface area contributed by atoms with Crippen LogP contribution < -0.4 is 14.8 Å². The zero-order valence-corrected chi connectivity index (χ0v) is 12.8. The number of nitrogens with one attached hydrogen (secondary N) is 1. The number of halogens is 1. The molecule has 0 aliphatic heterocycles. The monoisotopic (exact) mass is 333 g/mol. The Kier molecular flexibility index (Phi) is 7.81. The van der Waals surface area contributed by atoms with Crippen molar-refractivity contribution >= 4 is 15.9 Å². The van der Waals surface area contributed by atoms with Crippen molar-refractivity contribution in [2.24, 2.45) is 0 Å². The minimum Gasteiger partial charge on any atom is -0.493 e. The first-order valence-electron chi connectivity index (χ1n) is 6.03. The minimum atomic E-state index is 0.0508. The van der Waals surface area contributed by atoms with E-state index in [1.54, 1.807) is 14.2 Å². The number of aliphatic hydroxyl groups is 1. The fraction of sp³-hybridized carbons (Fsp3) is 0.538. The van der Waals surface area contributed by atoms with Gasteiger partial charge in [0.05, 0.1) is 34.0 Å². The van der Waals surface area contributed by atoms with Gasteiger partial charge in [0.2, 0.25) is 0 Å². The summed E-state index contributed by atoms with van der Waals surface area (Å²) >= 11 is 3.51. The van der Waals surface area contributed by atoms with Crippen LogP contribution in [0.15, 0.2) is 16.6 Å². The van der Waals surface area contributed by atoms with Crippen LogP contribution in [0.4, 0.5) is 0 Å². The predicted octanol–water partition coefficient (Wildman–Crippen LogP) is 1.56. The second kappa shape index (κ2) is 9.14. The highest BCUT2D eigenvalue weighted by atomic mass is 79.9. The van der Waals surface area contributed by atoms with Crippen LogP contribution in [0, 0.1) is 0 Å². The maximum absolute atomic E-state index is 8.58. The zero-order chi connectivity index (χ0) is 14.1. The Morgan fingerprint density at radius 1 is 1.21 bits per heavy atom. The maximum atomic E-state index is 8.58. The number of ether oxygens (including phenoxy) is 3. The predicted molar refractivity (Wildman–Crippen MR) is 76.9 cm³/mol. The summed E-state index contributed by atoms with van der Waals surface area (Å²) in [6, 6.07) is 3.79. The lowest BCUT2D eigenvalue weighted by atomic mass is 10.2. The average Bonchev–Trinajstić information content (AvgIpc) is 2.43. The fourth-order valence-corrected chi connectivity index (χ4v) is 2.11. The third kappa shape index (κ3) is 4.99. The third-order valence-corrected chi connectivity index (χ3v) is 3.29. The molecule has 0 fully saturated rings. The molecule has 0 heterocycles. The quantitative estimate of drug-likeness (QED) is 0.672. The van der Waals surface area contributed by atoms with Crippen molar-refractivity contribution in [1.29, 1.82) is 0 Å². The van der Waals surface area contributed by atoms with E-state index in [2.05, 4.69) is 21.2 Å². The van der Waals surface area contributed by atoms with E-state index in [1.165, 1.54) is 0 Å². The van der Waals surface area contributed by atoms with Gasteiger partial charge in [-0.25, -0.2) is 0 Å². The molecule has 1 aromatic rings. The summed E-state index contributed by atoms with van der Waals surface area (Å²) in [5.74, 6) is 1.43. The molecule has 0 saturated carbocycles. The van der Waals surface area contributed by atoms with E-state index in [1.807, 2.05) is 12.1 Å². The van der Waals surface area contributed by atoms with E-state index in [-0.39, 0.29) is 6.61 Å². The van der Waals surface area contributed by atoms with Gasteiger partial charge in [0.15, 0.2) is 11.5 Å². The lowest BCUT2D eigenvalue weighted by Gasteiger charge is -2.15. The molecule has 0 unspecified atom stereocenters. The molecule has 19 heavy (non-hydrogen) atoms. The summed E-state index contributed by atoms with van der Waals surface area (Å²) in [5, 5.41) is 11.8. The van der Waals surface area contributed by atoms with Crippen LogP contribution >= 0.6 is 15.9 Å². The van der Waals surface area contributed by atoms with Gasteiger partial charge in [-0.2, -0.15) is 0 Å². The molecule has 0 radical (unpaired) electrons. The molecule has 1 rings (SSSR count). The van der Waals surface area contributed by atoms with Crippen molar-refractivity contribution in [2.45, 2.75) is 6.54 Å². The Hall–Kier alpha value is -0.820. The van der Waals surface area contributed by atoms with Crippen molar-refractivity contribution in [3.63, 3.8) is 0 Å². The molecule has 1 aromatic carbocycles. The Morgan fingerprint density at radius 2 is 2.00 bits per heavy atom. The molecule has 0 aliphatic carbocycles. The van der Waals surface area contributed by atoms with E-state index in [9.17, 15) is 0 Å². The summed E-state index contributed by atoms with van der Waals surface area (Å²) in [4.78, 5) is 0. The molecule has 108 valence electrons. The summed E-state index contributed by atoms with van der Waals surface area (Å²) in [6.07, 6.45) is 0. The molecule has 0 aromatic heterocycles.